The molecule has 1 saturated heterocycles. The number of nitrogens with zero attached hydrogens (tertiary/aromatic N) is 1. The number of carbonyl (C=O) groups excluding carboxylic acids is 1. The zero-order chi connectivity index (χ0) is 12.5. The Morgan fingerprint density at radius 3 is 2.65 bits per heavy atom. The molecule has 5 nitrogen and oxygen atoms in total. The van der Waals surface area contributed by atoms with Crippen LogP contribution in [-0.4, -0.2) is 56.4 Å². The maximum atomic E-state index is 11.8. The Balaban J connectivity index is 2.15. The summed E-state index contributed by atoms with van der Waals surface area (Å²) in [6.45, 7) is 5.89. The molecule has 2 N–H and O–H groups in total. The van der Waals surface area contributed by atoms with Crippen LogP contribution in [0.3, 0.4) is 0 Å². The highest BCUT2D eigenvalue weighted by Crippen LogP contribution is 2.14. The lowest BCUT2D eigenvalue weighted by atomic mass is 10.1. The van der Waals surface area contributed by atoms with Crippen molar-refractivity contribution in [1.29, 1.82) is 0 Å². The third kappa shape index (κ3) is 5.48. The van der Waals surface area contributed by atoms with Gasteiger partial charge in [-0.15, -0.1) is 0 Å². The van der Waals surface area contributed by atoms with E-state index >= 15 is 0 Å². The maximum Gasteiger partial charge on any atom is 0.224 e. The molecule has 1 aliphatic heterocycles. The molecule has 0 aromatic rings. The first kappa shape index (κ1) is 14.4. The molecule has 1 amide bonds. The molecule has 1 fully saturated rings. The van der Waals surface area contributed by atoms with E-state index in [9.17, 15) is 4.79 Å². The molecule has 100 valence electrons. The molecule has 0 bridgehead atoms. The van der Waals surface area contributed by atoms with Crippen molar-refractivity contribution in [3.63, 3.8) is 0 Å². The van der Waals surface area contributed by atoms with Gasteiger partial charge in [-0.3, -0.25) is 4.79 Å². The third-order valence-electron chi connectivity index (χ3n) is 2.93. The Kier molecular flexibility index (Phi) is 7.16. The fourth-order valence-electron chi connectivity index (χ4n) is 1.97. The van der Waals surface area contributed by atoms with Crippen molar-refractivity contribution in [3.05, 3.63) is 0 Å². The van der Waals surface area contributed by atoms with Gasteiger partial charge in [-0.05, 0) is 19.8 Å². The van der Waals surface area contributed by atoms with E-state index in [2.05, 4.69) is 0 Å². The summed E-state index contributed by atoms with van der Waals surface area (Å²) >= 11 is 0. The second-order valence-electron chi connectivity index (χ2n) is 4.19. The Labute approximate surface area is 103 Å². The van der Waals surface area contributed by atoms with E-state index in [1.54, 1.807) is 0 Å². The number of ether oxygens (including phenoxy) is 2. The monoisotopic (exact) mass is 244 g/mol. The summed E-state index contributed by atoms with van der Waals surface area (Å²) in [5.74, 6) is 0.190. The molecule has 1 aliphatic rings. The van der Waals surface area contributed by atoms with E-state index in [0.29, 0.717) is 32.8 Å². The van der Waals surface area contributed by atoms with Crippen LogP contribution in [0.25, 0.3) is 0 Å². The number of carbonyl (C=O) groups is 1. The summed E-state index contributed by atoms with van der Waals surface area (Å²) in [4.78, 5) is 13.7. The van der Waals surface area contributed by atoms with Crippen molar-refractivity contribution >= 4 is 5.91 Å². The minimum Gasteiger partial charge on any atom is -0.381 e. The number of amides is 1. The fraction of sp³-hybridized carbons (Fsp3) is 0.917. The molecule has 0 aromatic carbocycles. The van der Waals surface area contributed by atoms with Gasteiger partial charge in [0.05, 0.1) is 25.7 Å². The van der Waals surface area contributed by atoms with Crippen molar-refractivity contribution < 1.29 is 14.3 Å². The molecule has 0 saturated carbocycles. The number of hydrogen-bond acceptors (Lipinski definition) is 4. The Morgan fingerprint density at radius 1 is 1.35 bits per heavy atom. The largest absolute Gasteiger partial charge is 0.381 e. The van der Waals surface area contributed by atoms with E-state index in [-0.39, 0.29) is 12.0 Å². The van der Waals surface area contributed by atoms with E-state index in [4.69, 9.17) is 15.2 Å². The van der Waals surface area contributed by atoms with Crippen LogP contribution in [0.4, 0.5) is 0 Å². The summed E-state index contributed by atoms with van der Waals surface area (Å²) in [6.07, 6.45) is 2.60. The smallest absolute Gasteiger partial charge is 0.224 e. The zero-order valence-corrected chi connectivity index (χ0v) is 10.7. The fourth-order valence-corrected chi connectivity index (χ4v) is 1.97. The highest BCUT2D eigenvalue weighted by molar-refractivity contribution is 5.76. The van der Waals surface area contributed by atoms with Crippen LogP contribution in [0.1, 0.15) is 26.2 Å². The Morgan fingerprint density at radius 2 is 2.06 bits per heavy atom. The molecular weight excluding hydrogens is 220 g/mol. The SMILES string of the molecule is CCOCCC(=O)N1CCC(OCCN)CC1. The van der Waals surface area contributed by atoms with Gasteiger partial charge in [0, 0.05) is 26.2 Å². The average molecular weight is 244 g/mol. The molecule has 1 rings (SSSR count). The molecule has 0 atom stereocenters. The number of piperidine rings is 1. The number of rotatable bonds is 7. The van der Waals surface area contributed by atoms with Gasteiger partial charge in [-0.1, -0.05) is 0 Å². The molecule has 0 aromatic heterocycles. The van der Waals surface area contributed by atoms with Crippen molar-refractivity contribution in [2.75, 3.05) is 39.5 Å². The van der Waals surface area contributed by atoms with Gasteiger partial charge < -0.3 is 20.1 Å². The van der Waals surface area contributed by atoms with Crippen LogP contribution >= 0.6 is 0 Å². The molecule has 5 heteroatoms. The summed E-state index contributed by atoms with van der Waals surface area (Å²) in [5, 5.41) is 0. The van der Waals surface area contributed by atoms with Gasteiger partial charge in [0.1, 0.15) is 0 Å². The Bertz CT molecular complexity index is 216. The first-order chi connectivity index (χ1) is 8.27. The van der Waals surface area contributed by atoms with Gasteiger partial charge in [0.15, 0.2) is 0 Å². The van der Waals surface area contributed by atoms with Crippen molar-refractivity contribution in [3.8, 4) is 0 Å². The quantitative estimate of drug-likeness (QED) is 0.658. The first-order valence-corrected chi connectivity index (χ1v) is 6.45. The summed E-state index contributed by atoms with van der Waals surface area (Å²) in [6, 6.07) is 0. The average Bonchev–Trinajstić information content (AvgIpc) is 2.37. The molecule has 1 heterocycles. The first-order valence-electron chi connectivity index (χ1n) is 6.45. The van der Waals surface area contributed by atoms with Crippen LogP contribution in [0, 0.1) is 0 Å². The predicted octanol–water partition coefficient (Wildman–Crippen LogP) is 0.379. The lowest BCUT2D eigenvalue weighted by Crippen LogP contribution is -2.41. The minimum absolute atomic E-state index is 0.190. The lowest BCUT2D eigenvalue weighted by Gasteiger charge is -2.32. The molecule has 17 heavy (non-hydrogen) atoms. The predicted molar refractivity (Wildman–Crippen MR) is 65.7 cm³/mol. The van der Waals surface area contributed by atoms with E-state index in [1.807, 2.05) is 11.8 Å². The van der Waals surface area contributed by atoms with Gasteiger partial charge >= 0.3 is 0 Å². The van der Waals surface area contributed by atoms with Crippen molar-refractivity contribution in [1.82, 2.24) is 4.90 Å². The van der Waals surface area contributed by atoms with E-state index in [0.717, 1.165) is 25.9 Å². The summed E-state index contributed by atoms with van der Waals surface area (Å²) < 4.78 is 10.8. The number of likely N-dealkylation sites (tertiary alicyclic amines) is 1. The molecule has 0 radical (unpaired) electrons. The van der Waals surface area contributed by atoms with Crippen LogP contribution in [-0.2, 0) is 14.3 Å². The highest BCUT2D eigenvalue weighted by atomic mass is 16.5. The van der Waals surface area contributed by atoms with Gasteiger partial charge in [-0.25, -0.2) is 0 Å². The van der Waals surface area contributed by atoms with Gasteiger partial charge in [0.2, 0.25) is 5.91 Å². The number of nitrogens with two attached hydrogens (primary N) is 1. The zero-order valence-electron chi connectivity index (χ0n) is 10.7. The second kappa shape index (κ2) is 8.44. The highest BCUT2D eigenvalue weighted by Gasteiger charge is 2.22. The second-order valence-corrected chi connectivity index (χ2v) is 4.19. The lowest BCUT2D eigenvalue weighted by molar-refractivity contribution is -0.134. The van der Waals surface area contributed by atoms with Gasteiger partial charge in [0.25, 0.3) is 0 Å². The normalized spacial score (nSPS) is 17.4. The van der Waals surface area contributed by atoms with Crippen LogP contribution in [0.5, 0.6) is 0 Å². The third-order valence-corrected chi connectivity index (χ3v) is 2.93. The minimum atomic E-state index is 0.190. The van der Waals surface area contributed by atoms with Crippen LogP contribution in [0.2, 0.25) is 0 Å². The topological polar surface area (TPSA) is 64.8 Å². The van der Waals surface area contributed by atoms with Crippen LogP contribution in [0.15, 0.2) is 0 Å². The van der Waals surface area contributed by atoms with Crippen molar-refractivity contribution in [2.24, 2.45) is 5.73 Å². The van der Waals surface area contributed by atoms with E-state index < -0.39 is 0 Å². The molecular formula is C12H24N2O3. The van der Waals surface area contributed by atoms with E-state index in [1.165, 1.54) is 0 Å². The molecule has 0 spiro atoms. The standard InChI is InChI=1S/C12H24N2O3/c1-2-16-9-5-12(15)14-7-3-11(4-8-14)17-10-6-13/h11H,2-10,13H2,1H3. The summed E-state index contributed by atoms with van der Waals surface area (Å²) in [7, 11) is 0. The van der Waals surface area contributed by atoms with Crippen LogP contribution < -0.4 is 5.73 Å². The van der Waals surface area contributed by atoms with Gasteiger partial charge in [-0.2, -0.15) is 0 Å². The Hall–Kier alpha value is -0.650. The molecule has 0 unspecified atom stereocenters. The summed E-state index contributed by atoms with van der Waals surface area (Å²) in [5.41, 5.74) is 5.39. The number of hydrogen-bond donors (Lipinski definition) is 1. The molecule has 0 aliphatic carbocycles. The van der Waals surface area contributed by atoms with Crippen molar-refractivity contribution in [2.45, 2.75) is 32.3 Å². The maximum absolute atomic E-state index is 11.8.